The minimum atomic E-state index is 0.0165. The second kappa shape index (κ2) is 8.35. The Morgan fingerprint density at radius 3 is 2.89 bits per heavy atom. The summed E-state index contributed by atoms with van der Waals surface area (Å²) in [5, 5.41) is 0.714. The van der Waals surface area contributed by atoms with Crippen LogP contribution in [0.25, 0.3) is 0 Å². The van der Waals surface area contributed by atoms with E-state index in [0.717, 1.165) is 37.1 Å². The van der Waals surface area contributed by atoms with E-state index in [1.165, 1.54) is 0 Å². The molecule has 0 aliphatic carbocycles. The summed E-state index contributed by atoms with van der Waals surface area (Å²) in [5.41, 5.74) is 1.00. The number of carbonyl (C=O) groups excluding carboxylic acids is 2. The van der Waals surface area contributed by atoms with Crippen molar-refractivity contribution in [2.45, 2.75) is 38.0 Å². The molecule has 148 valence electrons. The average molecular weight is 402 g/mol. The van der Waals surface area contributed by atoms with Crippen molar-refractivity contribution in [3.05, 3.63) is 52.7 Å². The number of aromatic nitrogens is 1. The number of amides is 2. The highest BCUT2D eigenvalue weighted by molar-refractivity contribution is 6.31. The fourth-order valence-corrected chi connectivity index (χ4v) is 4.16. The highest BCUT2D eigenvalue weighted by atomic mass is 35.5. The number of piperidine rings is 1. The lowest BCUT2D eigenvalue weighted by atomic mass is 9.98. The van der Waals surface area contributed by atoms with Crippen LogP contribution in [0.4, 0.5) is 0 Å². The molecule has 2 aliphatic rings. The molecule has 3 heterocycles. The molecule has 7 heteroatoms. The number of likely N-dealkylation sites (tertiary alicyclic amines) is 2. The first-order valence-corrected chi connectivity index (χ1v) is 10.2. The van der Waals surface area contributed by atoms with Crippen LogP contribution < -0.4 is 0 Å². The molecule has 0 N–H and O–H groups in total. The Bertz CT molecular complexity index is 866. The molecule has 1 aromatic carbocycles. The Morgan fingerprint density at radius 1 is 1.25 bits per heavy atom. The topological polar surface area (TPSA) is 66.7 Å². The van der Waals surface area contributed by atoms with Crippen LogP contribution in [-0.4, -0.2) is 52.8 Å². The molecule has 0 saturated carbocycles. The smallest absolute Gasteiger partial charge is 0.242 e. The molecule has 0 unspecified atom stereocenters. The molecule has 28 heavy (non-hydrogen) atoms. The Balaban J connectivity index is 1.38. The Hall–Kier alpha value is -2.34. The maximum Gasteiger partial charge on any atom is 0.242 e. The van der Waals surface area contributed by atoms with E-state index in [-0.39, 0.29) is 24.3 Å². The summed E-state index contributed by atoms with van der Waals surface area (Å²) >= 11 is 6.23. The summed E-state index contributed by atoms with van der Waals surface area (Å²) < 4.78 is 5.99. The van der Waals surface area contributed by atoms with Gasteiger partial charge in [-0.15, -0.1) is 0 Å². The van der Waals surface area contributed by atoms with E-state index in [0.29, 0.717) is 36.8 Å². The SMILES string of the molecule is O=C1CCCN1CC(=O)N1CCC[C@H](c2ncc(Cc3ccccc3Cl)o2)C1. The zero-order valence-electron chi connectivity index (χ0n) is 15.8. The molecule has 1 atom stereocenters. The molecule has 0 spiro atoms. The first-order chi connectivity index (χ1) is 13.6. The quantitative estimate of drug-likeness (QED) is 0.771. The van der Waals surface area contributed by atoms with Gasteiger partial charge in [0.25, 0.3) is 0 Å². The molecular weight excluding hydrogens is 378 g/mol. The van der Waals surface area contributed by atoms with Gasteiger partial charge in [-0.1, -0.05) is 29.8 Å². The Labute approximate surface area is 169 Å². The lowest BCUT2D eigenvalue weighted by Gasteiger charge is -2.32. The Kier molecular flexibility index (Phi) is 5.67. The highest BCUT2D eigenvalue weighted by Gasteiger charge is 2.30. The van der Waals surface area contributed by atoms with Crippen molar-refractivity contribution < 1.29 is 14.0 Å². The molecule has 2 saturated heterocycles. The molecule has 6 nitrogen and oxygen atoms in total. The molecule has 0 radical (unpaired) electrons. The fraction of sp³-hybridized carbons (Fsp3) is 0.476. The van der Waals surface area contributed by atoms with Gasteiger partial charge < -0.3 is 14.2 Å². The number of benzene rings is 1. The highest BCUT2D eigenvalue weighted by Crippen LogP contribution is 2.28. The van der Waals surface area contributed by atoms with E-state index < -0.39 is 0 Å². The normalized spacial score (nSPS) is 20.0. The van der Waals surface area contributed by atoms with Crippen molar-refractivity contribution in [3.63, 3.8) is 0 Å². The summed E-state index contributed by atoms with van der Waals surface area (Å²) in [6.07, 6.45) is 5.60. The number of oxazole rings is 1. The molecule has 2 fully saturated rings. The Morgan fingerprint density at radius 2 is 2.11 bits per heavy atom. The van der Waals surface area contributed by atoms with E-state index in [2.05, 4.69) is 4.98 Å². The molecule has 2 aliphatic heterocycles. The maximum absolute atomic E-state index is 12.6. The minimum Gasteiger partial charge on any atom is -0.445 e. The molecular formula is C21H24ClN3O3. The first-order valence-electron chi connectivity index (χ1n) is 9.83. The van der Waals surface area contributed by atoms with Crippen molar-refractivity contribution in [2.75, 3.05) is 26.2 Å². The molecule has 1 aromatic heterocycles. The monoisotopic (exact) mass is 401 g/mol. The first kappa shape index (κ1) is 19.0. The van der Waals surface area contributed by atoms with Gasteiger partial charge in [-0.2, -0.15) is 0 Å². The van der Waals surface area contributed by atoms with Crippen LogP contribution in [0.3, 0.4) is 0 Å². The lowest BCUT2D eigenvalue weighted by molar-refractivity contribution is -0.139. The predicted molar refractivity (Wildman–Crippen MR) is 105 cm³/mol. The molecule has 2 amide bonds. The second-order valence-electron chi connectivity index (χ2n) is 7.53. The van der Waals surface area contributed by atoms with Crippen LogP contribution in [-0.2, 0) is 16.0 Å². The maximum atomic E-state index is 12.6. The van der Waals surface area contributed by atoms with Gasteiger partial charge in [0.05, 0.1) is 18.7 Å². The van der Waals surface area contributed by atoms with Crippen LogP contribution in [0.5, 0.6) is 0 Å². The summed E-state index contributed by atoms with van der Waals surface area (Å²) in [6, 6.07) is 7.70. The van der Waals surface area contributed by atoms with Gasteiger partial charge in [0, 0.05) is 37.5 Å². The molecule has 4 rings (SSSR count). The van der Waals surface area contributed by atoms with Crippen molar-refractivity contribution >= 4 is 23.4 Å². The largest absolute Gasteiger partial charge is 0.445 e. The van der Waals surface area contributed by atoms with Crippen LogP contribution in [0.15, 0.2) is 34.9 Å². The van der Waals surface area contributed by atoms with Crippen molar-refractivity contribution in [2.24, 2.45) is 0 Å². The summed E-state index contributed by atoms with van der Waals surface area (Å²) in [4.78, 5) is 32.4. The zero-order chi connectivity index (χ0) is 19.5. The molecule has 2 aromatic rings. The average Bonchev–Trinajstić information content (AvgIpc) is 3.33. The van der Waals surface area contributed by atoms with E-state index >= 15 is 0 Å². The van der Waals surface area contributed by atoms with Gasteiger partial charge in [-0.3, -0.25) is 9.59 Å². The van der Waals surface area contributed by atoms with Crippen molar-refractivity contribution in [1.29, 1.82) is 0 Å². The van der Waals surface area contributed by atoms with Gasteiger partial charge >= 0.3 is 0 Å². The van der Waals surface area contributed by atoms with Crippen LogP contribution in [0.1, 0.15) is 48.8 Å². The summed E-state index contributed by atoms with van der Waals surface area (Å²) in [6.45, 7) is 2.19. The third kappa shape index (κ3) is 4.22. The van der Waals surface area contributed by atoms with Gasteiger partial charge in [-0.25, -0.2) is 4.98 Å². The van der Waals surface area contributed by atoms with Gasteiger partial charge in [-0.05, 0) is 30.9 Å². The molecule has 0 bridgehead atoms. The number of hydrogen-bond acceptors (Lipinski definition) is 4. The van der Waals surface area contributed by atoms with Crippen molar-refractivity contribution in [1.82, 2.24) is 14.8 Å². The lowest BCUT2D eigenvalue weighted by Crippen LogP contribution is -2.45. The summed E-state index contributed by atoms with van der Waals surface area (Å²) in [5.74, 6) is 1.64. The van der Waals surface area contributed by atoms with Gasteiger partial charge in [0.1, 0.15) is 5.76 Å². The fourth-order valence-electron chi connectivity index (χ4n) is 3.96. The third-order valence-electron chi connectivity index (χ3n) is 5.51. The van der Waals surface area contributed by atoms with Crippen LogP contribution >= 0.6 is 11.6 Å². The van der Waals surface area contributed by atoms with E-state index in [1.54, 1.807) is 11.1 Å². The third-order valence-corrected chi connectivity index (χ3v) is 5.88. The van der Waals surface area contributed by atoms with Crippen LogP contribution in [0.2, 0.25) is 5.02 Å². The number of nitrogens with zero attached hydrogens (tertiary/aromatic N) is 3. The summed E-state index contributed by atoms with van der Waals surface area (Å²) in [7, 11) is 0. The van der Waals surface area contributed by atoms with Gasteiger partial charge in [0.2, 0.25) is 11.8 Å². The number of hydrogen-bond donors (Lipinski definition) is 0. The standard InChI is InChI=1S/C21H24ClN3O3/c22-18-7-2-1-5-15(18)11-17-12-23-21(28-17)16-6-3-9-24(13-16)20(27)14-25-10-4-8-19(25)26/h1-2,5,7,12,16H,3-4,6,8-11,13-14H2/t16-/m0/s1. The number of halogens is 1. The minimum absolute atomic E-state index is 0.0165. The number of carbonyl (C=O) groups is 2. The van der Waals surface area contributed by atoms with Crippen molar-refractivity contribution in [3.8, 4) is 0 Å². The van der Waals surface area contributed by atoms with Crippen LogP contribution in [0, 0.1) is 0 Å². The predicted octanol–water partition coefficient (Wildman–Crippen LogP) is 3.25. The van der Waals surface area contributed by atoms with E-state index in [9.17, 15) is 9.59 Å². The zero-order valence-corrected chi connectivity index (χ0v) is 16.5. The van der Waals surface area contributed by atoms with E-state index in [4.69, 9.17) is 16.0 Å². The van der Waals surface area contributed by atoms with E-state index in [1.807, 2.05) is 29.2 Å². The second-order valence-corrected chi connectivity index (χ2v) is 7.94. The number of rotatable bonds is 5. The van der Waals surface area contributed by atoms with Gasteiger partial charge in [0.15, 0.2) is 5.89 Å².